The molecule has 1 N–H and O–H groups in total. The van der Waals surface area contributed by atoms with Gasteiger partial charge >= 0.3 is 12.1 Å². The molecule has 0 heterocycles. The number of nitrogens with zero attached hydrogens (tertiary/aromatic N) is 1. The molecule has 0 spiro atoms. The van der Waals surface area contributed by atoms with Gasteiger partial charge in [0, 0.05) is 11.7 Å². The maximum Gasteiger partial charge on any atom is 0.418 e. The molecule has 0 bridgehead atoms. The smallest absolute Gasteiger partial charge is 0.418 e. The van der Waals surface area contributed by atoms with Crippen LogP contribution in [0.4, 0.5) is 18.9 Å². The molecule has 19 heavy (non-hydrogen) atoms. The van der Waals surface area contributed by atoms with Crippen molar-refractivity contribution in [1.82, 2.24) is 0 Å². The van der Waals surface area contributed by atoms with Gasteiger partial charge in [-0.15, -0.1) is 0 Å². The quantitative estimate of drug-likeness (QED) is 0.895. The highest BCUT2D eigenvalue weighted by Crippen LogP contribution is 2.37. The van der Waals surface area contributed by atoms with Gasteiger partial charge in [-0.1, -0.05) is 19.1 Å². The Bertz CT molecular complexity index is 446. The number of para-hydroxylation sites is 1. The summed E-state index contributed by atoms with van der Waals surface area (Å²) in [4.78, 5) is 12.1. The van der Waals surface area contributed by atoms with Gasteiger partial charge in [0.1, 0.15) is 6.54 Å². The summed E-state index contributed by atoms with van der Waals surface area (Å²) < 4.78 is 38.8. The van der Waals surface area contributed by atoms with Gasteiger partial charge in [0.25, 0.3) is 0 Å². The fraction of sp³-hybridized carbons (Fsp3) is 0.462. The van der Waals surface area contributed by atoms with Gasteiger partial charge in [0.15, 0.2) is 0 Å². The Hall–Kier alpha value is -1.72. The van der Waals surface area contributed by atoms with Crippen molar-refractivity contribution in [2.24, 2.45) is 0 Å². The fourth-order valence-corrected chi connectivity index (χ4v) is 1.81. The van der Waals surface area contributed by atoms with Crippen molar-refractivity contribution in [3.05, 3.63) is 29.8 Å². The zero-order valence-electron chi connectivity index (χ0n) is 10.7. The van der Waals surface area contributed by atoms with Crippen LogP contribution in [0.1, 0.15) is 25.8 Å². The number of carbonyl (C=O) groups is 1. The molecule has 0 aliphatic rings. The van der Waals surface area contributed by atoms with Crippen LogP contribution in [0, 0.1) is 0 Å². The van der Waals surface area contributed by atoms with Gasteiger partial charge in [-0.2, -0.15) is 13.2 Å². The lowest BCUT2D eigenvalue weighted by molar-refractivity contribution is -0.138. The average molecular weight is 275 g/mol. The van der Waals surface area contributed by atoms with Crippen LogP contribution in [0.25, 0.3) is 0 Å². The summed E-state index contributed by atoms with van der Waals surface area (Å²) in [6.45, 7) is 3.05. The third-order valence-corrected chi connectivity index (χ3v) is 2.95. The second-order valence-corrected chi connectivity index (χ2v) is 4.29. The second-order valence-electron chi connectivity index (χ2n) is 4.29. The lowest BCUT2D eigenvalue weighted by atomic mass is 10.1. The summed E-state index contributed by atoms with van der Waals surface area (Å²) in [6.07, 6.45) is -3.94. The van der Waals surface area contributed by atoms with Gasteiger partial charge in [0.05, 0.1) is 5.56 Å². The second kappa shape index (κ2) is 5.95. The number of alkyl halides is 3. The SMILES string of the molecule is CCC(C)N(CC(=O)O)c1ccccc1C(F)(F)F. The third kappa shape index (κ3) is 3.87. The molecule has 1 unspecified atom stereocenters. The van der Waals surface area contributed by atoms with E-state index in [1.54, 1.807) is 13.8 Å². The number of carboxylic acid groups (broad SMARTS) is 1. The Kier molecular flexibility index (Phi) is 4.80. The maximum absolute atomic E-state index is 12.9. The monoisotopic (exact) mass is 275 g/mol. The van der Waals surface area contributed by atoms with E-state index in [1.165, 1.54) is 23.1 Å². The minimum Gasteiger partial charge on any atom is -0.480 e. The Morgan fingerprint density at radius 2 is 1.95 bits per heavy atom. The molecule has 0 radical (unpaired) electrons. The lowest BCUT2D eigenvalue weighted by Crippen LogP contribution is -2.38. The number of aliphatic carboxylic acids is 1. The van der Waals surface area contributed by atoms with E-state index in [2.05, 4.69) is 0 Å². The van der Waals surface area contributed by atoms with Crippen LogP contribution >= 0.6 is 0 Å². The molecular formula is C13H16F3NO2. The van der Waals surface area contributed by atoms with Crippen molar-refractivity contribution in [1.29, 1.82) is 0 Å². The highest BCUT2D eigenvalue weighted by Gasteiger charge is 2.35. The first-order valence-electron chi connectivity index (χ1n) is 5.92. The van der Waals surface area contributed by atoms with E-state index >= 15 is 0 Å². The van der Waals surface area contributed by atoms with Gasteiger partial charge in [-0.3, -0.25) is 4.79 Å². The Labute approximate surface area is 109 Å². The molecule has 0 fully saturated rings. The highest BCUT2D eigenvalue weighted by molar-refractivity contribution is 5.74. The Balaban J connectivity index is 3.26. The Morgan fingerprint density at radius 3 is 2.42 bits per heavy atom. The summed E-state index contributed by atoms with van der Waals surface area (Å²) in [5.74, 6) is -1.16. The average Bonchev–Trinajstić information content (AvgIpc) is 2.34. The molecule has 0 aromatic heterocycles. The molecule has 106 valence electrons. The standard InChI is InChI=1S/C13H16F3NO2/c1-3-9(2)17(8-12(18)19)11-7-5-4-6-10(11)13(14,15)16/h4-7,9H,3,8H2,1-2H3,(H,18,19). The molecule has 0 aliphatic heterocycles. The van der Waals surface area contributed by atoms with Crippen LogP contribution in [-0.2, 0) is 11.0 Å². The molecular weight excluding hydrogens is 259 g/mol. The Morgan fingerprint density at radius 1 is 1.37 bits per heavy atom. The van der Waals surface area contributed by atoms with Crippen LogP contribution in [-0.4, -0.2) is 23.7 Å². The van der Waals surface area contributed by atoms with E-state index in [9.17, 15) is 18.0 Å². The zero-order valence-corrected chi connectivity index (χ0v) is 10.7. The van der Waals surface area contributed by atoms with Gasteiger partial charge in [0.2, 0.25) is 0 Å². The van der Waals surface area contributed by atoms with E-state index < -0.39 is 24.3 Å². The predicted molar refractivity (Wildman–Crippen MR) is 66.2 cm³/mol. The molecule has 1 aromatic carbocycles. The normalized spacial score (nSPS) is 13.1. The molecule has 0 amide bonds. The maximum atomic E-state index is 12.9. The van der Waals surface area contributed by atoms with Crippen molar-refractivity contribution < 1.29 is 23.1 Å². The first-order valence-corrected chi connectivity index (χ1v) is 5.92. The summed E-state index contributed by atoms with van der Waals surface area (Å²) in [5, 5.41) is 8.86. The van der Waals surface area contributed by atoms with E-state index in [0.29, 0.717) is 6.42 Å². The number of hydrogen-bond acceptors (Lipinski definition) is 2. The van der Waals surface area contributed by atoms with E-state index in [-0.39, 0.29) is 11.7 Å². The van der Waals surface area contributed by atoms with Crippen molar-refractivity contribution in [3.8, 4) is 0 Å². The fourth-order valence-electron chi connectivity index (χ4n) is 1.81. The van der Waals surface area contributed by atoms with Crippen molar-refractivity contribution >= 4 is 11.7 Å². The minimum absolute atomic E-state index is 0.0910. The third-order valence-electron chi connectivity index (χ3n) is 2.95. The number of halogens is 3. The van der Waals surface area contributed by atoms with Crippen LogP contribution in [0.3, 0.4) is 0 Å². The van der Waals surface area contributed by atoms with Crippen LogP contribution in [0.15, 0.2) is 24.3 Å². The number of carboxylic acids is 1. The van der Waals surface area contributed by atoms with Crippen molar-refractivity contribution in [2.75, 3.05) is 11.4 Å². The number of anilines is 1. The first kappa shape index (κ1) is 15.3. The van der Waals surface area contributed by atoms with E-state index in [4.69, 9.17) is 5.11 Å². The summed E-state index contributed by atoms with van der Waals surface area (Å²) in [5.41, 5.74) is -0.900. The summed E-state index contributed by atoms with van der Waals surface area (Å²) >= 11 is 0. The zero-order chi connectivity index (χ0) is 14.6. The predicted octanol–water partition coefficient (Wildman–Crippen LogP) is 3.39. The molecule has 0 saturated heterocycles. The summed E-state index contributed by atoms with van der Waals surface area (Å²) in [6, 6.07) is 4.74. The molecule has 0 saturated carbocycles. The topological polar surface area (TPSA) is 40.5 Å². The van der Waals surface area contributed by atoms with Crippen molar-refractivity contribution in [2.45, 2.75) is 32.5 Å². The largest absolute Gasteiger partial charge is 0.480 e. The van der Waals surface area contributed by atoms with E-state index in [0.717, 1.165) is 6.07 Å². The molecule has 1 rings (SSSR count). The van der Waals surface area contributed by atoms with Gasteiger partial charge in [-0.05, 0) is 25.5 Å². The van der Waals surface area contributed by atoms with Crippen molar-refractivity contribution in [3.63, 3.8) is 0 Å². The molecule has 0 aliphatic carbocycles. The molecule has 3 nitrogen and oxygen atoms in total. The minimum atomic E-state index is -4.50. The number of benzene rings is 1. The molecule has 1 atom stereocenters. The molecule has 6 heteroatoms. The lowest BCUT2D eigenvalue weighted by Gasteiger charge is -2.31. The number of hydrogen-bond donors (Lipinski definition) is 1. The number of rotatable bonds is 5. The van der Waals surface area contributed by atoms with Crippen LogP contribution in [0.5, 0.6) is 0 Å². The van der Waals surface area contributed by atoms with Crippen LogP contribution < -0.4 is 4.90 Å². The van der Waals surface area contributed by atoms with Crippen LogP contribution in [0.2, 0.25) is 0 Å². The first-order chi connectivity index (χ1) is 8.77. The van der Waals surface area contributed by atoms with Gasteiger partial charge < -0.3 is 10.0 Å². The highest BCUT2D eigenvalue weighted by atomic mass is 19.4. The van der Waals surface area contributed by atoms with E-state index in [1.807, 2.05) is 0 Å². The van der Waals surface area contributed by atoms with Gasteiger partial charge in [-0.25, -0.2) is 0 Å². The molecule has 1 aromatic rings. The summed E-state index contributed by atoms with van der Waals surface area (Å²) in [7, 11) is 0.